The molecule has 100 valence electrons. The van der Waals surface area contributed by atoms with Crippen LogP contribution < -0.4 is 0 Å². The van der Waals surface area contributed by atoms with Crippen LogP contribution in [0.2, 0.25) is 0 Å². The zero-order valence-electron chi connectivity index (χ0n) is 10.4. The molecule has 1 aliphatic rings. The van der Waals surface area contributed by atoms with Gasteiger partial charge >= 0.3 is 6.18 Å². The van der Waals surface area contributed by atoms with Crippen LogP contribution in [0.5, 0.6) is 0 Å². The summed E-state index contributed by atoms with van der Waals surface area (Å²) in [5.74, 6) is -1.06. The van der Waals surface area contributed by atoms with Gasteiger partial charge in [-0.2, -0.15) is 13.2 Å². The SMILES string of the molecule is CC(C)CCC(=O)N1CCC[C@@H](C(F)(F)F)C1. The van der Waals surface area contributed by atoms with Gasteiger partial charge in [-0.25, -0.2) is 0 Å². The van der Waals surface area contributed by atoms with E-state index < -0.39 is 12.1 Å². The number of carbonyl (C=O) groups is 1. The number of hydrogen-bond acceptors (Lipinski definition) is 1. The molecule has 0 bridgehead atoms. The minimum absolute atomic E-state index is 0.132. The number of piperidine rings is 1. The van der Waals surface area contributed by atoms with Crippen molar-refractivity contribution in [3.63, 3.8) is 0 Å². The maximum atomic E-state index is 12.6. The van der Waals surface area contributed by atoms with Crippen LogP contribution in [-0.2, 0) is 4.79 Å². The van der Waals surface area contributed by atoms with Gasteiger partial charge in [0.15, 0.2) is 0 Å². The van der Waals surface area contributed by atoms with Crippen LogP contribution in [0.1, 0.15) is 39.5 Å². The highest BCUT2D eigenvalue weighted by Gasteiger charge is 2.42. The van der Waals surface area contributed by atoms with E-state index in [0.29, 0.717) is 25.3 Å². The van der Waals surface area contributed by atoms with Crippen LogP contribution in [0.15, 0.2) is 0 Å². The first-order valence-corrected chi connectivity index (χ1v) is 6.15. The second-order valence-electron chi connectivity index (χ2n) is 5.15. The lowest BCUT2D eigenvalue weighted by Gasteiger charge is -2.34. The molecule has 2 nitrogen and oxygen atoms in total. The summed E-state index contributed by atoms with van der Waals surface area (Å²) in [5, 5.41) is 0. The van der Waals surface area contributed by atoms with E-state index >= 15 is 0 Å². The third-order valence-electron chi connectivity index (χ3n) is 3.17. The predicted molar refractivity (Wildman–Crippen MR) is 59.4 cm³/mol. The minimum atomic E-state index is -4.17. The van der Waals surface area contributed by atoms with Crippen molar-refractivity contribution in [2.24, 2.45) is 11.8 Å². The molecule has 0 unspecified atom stereocenters. The largest absolute Gasteiger partial charge is 0.393 e. The van der Waals surface area contributed by atoms with Gasteiger partial charge in [0.2, 0.25) is 5.91 Å². The molecule has 1 saturated heterocycles. The van der Waals surface area contributed by atoms with Gasteiger partial charge in [0.1, 0.15) is 0 Å². The number of carbonyl (C=O) groups excluding carboxylic acids is 1. The van der Waals surface area contributed by atoms with E-state index in [4.69, 9.17) is 0 Å². The lowest BCUT2D eigenvalue weighted by Crippen LogP contribution is -2.44. The Morgan fingerprint density at radius 1 is 1.41 bits per heavy atom. The van der Waals surface area contributed by atoms with E-state index in [1.165, 1.54) is 4.90 Å². The van der Waals surface area contributed by atoms with Gasteiger partial charge < -0.3 is 4.90 Å². The van der Waals surface area contributed by atoms with Gasteiger partial charge in [-0.05, 0) is 25.2 Å². The monoisotopic (exact) mass is 251 g/mol. The van der Waals surface area contributed by atoms with E-state index in [1.54, 1.807) is 0 Å². The molecule has 0 aromatic rings. The Morgan fingerprint density at radius 2 is 2.06 bits per heavy atom. The van der Waals surface area contributed by atoms with Crippen LogP contribution in [-0.4, -0.2) is 30.1 Å². The topological polar surface area (TPSA) is 20.3 Å². The summed E-state index contributed by atoms with van der Waals surface area (Å²) >= 11 is 0. The Hall–Kier alpha value is -0.740. The molecule has 1 fully saturated rings. The third kappa shape index (κ3) is 4.56. The highest BCUT2D eigenvalue weighted by molar-refractivity contribution is 5.76. The molecule has 0 radical (unpaired) electrons. The normalized spacial score (nSPS) is 22.0. The van der Waals surface area contributed by atoms with E-state index in [0.717, 1.165) is 6.42 Å². The summed E-state index contributed by atoms with van der Waals surface area (Å²) in [6.45, 7) is 4.33. The fourth-order valence-corrected chi connectivity index (χ4v) is 2.04. The Kier molecular flexibility index (Phi) is 4.83. The number of hydrogen-bond donors (Lipinski definition) is 0. The number of rotatable bonds is 3. The zero-order valence-corrected chi connectivity index (χ0v) is 10.4. The number of amides is 1. The molecule has 5 heteroatoms. The molecule has 1 heterocycles. The minimum Gasteiger partial charge on any atom is -0.342 e. The van der Waals surface area contributed by atoms with Gasteiger partial charge in [0, 0.05) is 19.5 Å². The zero-order chi connectivity index (χ0) is 13.1. The maximum Gasteiger partial charge on any atom is 0.393 e. The third-order valence-corrected chi connectivity index (χ3v) is 3.17. The molecule has 1 rings (SSSR count). The van der Waals surface area contributed by atoms with Crippen LogP contribution >= 0.6 is 0 Å². The van der Waals surface area contributed by atoms with Crippen molar-refractivity contribution in [3.8, 4) is 0 Å². The number of nitrogens with zero attached hydrogens (tertiary/aromatic N) is 1. The Balaban J connectivity index is 2.46. The summed E-state index contributed by atoms with van der Waals surface area (Å²) in [6.07, 6.45) is -2.46. The van der Waals surface area contributed by atoms with E-state index in [1.807, 2.05) is 13.8 Å². The van der Waals surface area contributed by atoms with E-state index in [-0.39, 0.29) is 18.9 Å². The summed E-state index contributed by atoms with van der Waals surface area (Å²) in [5.41, 5.74) is 0. The van der Waals surface area contributed by atoms with Crippen molar-refractivity contribution < 1.29 is 18.0 Å². The van der Waals surface area contributed by atoms with Crippen molar-refractivity contribution in [1.82, 2.24) is 4.90 Å². The fourth-order valence-electron chi connectivity index (χ4n) is 2.04. The fraction of sp³-hybridized carbons (Fsp3) is 0.917. The predicted octanol–water partition coefficient (Wildman–Crippen LogP) is 3.22. The summed E-state index contributed by atoms with van der Waals surface area (Å²) in [7, 11) is 0. The molecule has 0 aromatic heterocycles. The second kappa shape index (κ2) is 5.74. The van der Waals surface area contributed by atoms with Gasteiger partial charge in [0.05, 0.1) is 5.92 Å². The lowest BCUT2D eigenvalue weighted by molar-refractivity contribution is -0.188. The van der Waals surface area contributed by atoms with Crippen molar-refractivity contribution >= 4 is 5.91 Å². The smallest absolute Gasteiger partial charge is 0.342 e. The second-order valence-corrected chi connectivity index (χ2v) is 5.15. The number of halogens is 3. The van der Waals surface area contributed by atoms with Crippen LogP contribution in [0.25, 0.3) is 0 Å². The van der Waals surface area contributed by atoms with Crippen LogP contribution in [0.4, 0.5) is 13.2 Å². The van der Waals surface area contributed by atoms with Gasteiger partial charge in [-0.3, -0.25) is 4.79 Å². The lowest BCUT2D eigenvalue weighted by atomic mass is 9.97. The molecule has 17 heavy (non-hydrogen) atoms. The molecule has 0 saturated carbocycles. The van der Waals surface area contributed by atoms with Crippen molar-refractivity contribution in [3.05, 3.63) is 0 Å². The molecule has 1 aliphatic heterocycles. The Labute approximate surface area is 100 Å². The first kappa shape index (κ1) is 14.3. The average molecular weight is 251 g/mol. The Morgan fingerprint density at radius 3 is 2.59 bits per heavy atom. The van der Waals surface area contributed by atoms with Crippen LogP contribution in [0.3, 0.4) is 0 Å². The maximum absolute atomic E-state index is 12.6. The van der Waals surface area contributed by atoms with E-state index in [9.17, 15) is 18.0 Å². The van der Waals surface area contributed by atoms with Crippen molar-refractivity contribution in [2.75, 3.05) is 13.1 Å². The van der Waals surface area contributed by atoms with E-state index in [2.05, 4.69) is 0 Å². The van der Waals surface area contributed by atoms with Crippen molar-refractivity contribution in [1.29, 1.82) is 0 Å². The molecule has 0 N–H and O–H groups in total. The summed E-state index contributed by atoms with van der Waals surface area (Å²) < 4.78 is 37.7. The molecule has 1 amide bonds. The molecule has 0 aromatic carbocycles. The number of likely N-dealkylation sites (tertiary alicyclic amines) is 1. The molecular weight excluding hydrogens is 231 g/mol. The molecular formula is C12H20F3NO. The molecule has 0 spiro atoms. The standard InChI is InChI=1S/C12H20F3NO/c1-9(2)5-6-11(17)16-7-3-4-10(8-16)12(13,14)15/h9-10H,3-8H2,1-2H3/t10-/m1/s1. The van der Waals surface area contributed by atoms with Gasteiger partial charge in [-0.15, -0.1) is 0 Å². The quantitative estimate of drug-likeness (QED) is 0.754. The first-order chi connectivity index (χ1) is 7.80. The highest BCUT2D eigenvalue weighted by Crippen LogP contribution is 2.33. The average Bonchev–Trinajstić information content (AvgIpc) is 2.25. The molecule has 1 atom stereocenters. The van der Waals surface area contributed by atoms with Gasteiger partial charge in [-0.1, -0.05) is 13.8 Å². The summed E-state index contributed by atoms with van der Waals surface area (Å²) in [4.78, 5) is 13.1. The number of alkyl halides is 3. The summed E-state index contributed by atoms with van der Waals surface area (Å²) in [6, 6.07) is 0. The van der Waals surface area contributed by atoms with Gasteiger partial charge in [0.25, 0.3) is 0 Å². The molecule has 0 aliphatic carbocycles. The van der Waals surface area contributed by atoms with Crippen molar-refractivity contribution in [2.45, 2.75) is 45.7 Å². The first-order valence-electron chi connectivity index (χ1n) is 6.15. The van der Waals surface area contributed by atoms with Crippen LogP contribution in [0, 0.1) is 11.8 Å². The Bertz CT molecular complexity index is 263. The highest BCUT2D eigenvalue weighted by atomic mass is 19.4.